The molecule has 238 valence electrons. The Hall–Kier alpha value is -5.31. The van der Waals surface area contributed by atoms with Crippen molar-refractivity contribution < 1.29 is 19.0 Å². The van der Waals surface area contributed by atoms with E-state index in [0.29, 0.717) is 46.4 Å². The minimum Gasteiger partial charge on any atom is -0.438 e. The van der Waals surface area contributed by atoms with Gasteiger partial charge in [0.15, 0.2) is 0 Å². The first-order valence-electron chi connectivity index (χ1n) is 15.1. The Morgan fingerprint density at radius 1 is 0.894 bits per heavy atom. The second-order valence-electron chi connectivity index (χ2n) is 12.3. The fraction of sp³-hybridized carbons (Fsp3) is 0.167. The van der Waals surface area contributed by atoms with Gasteiger partial charge in [0.1, 0.15) is 17.4 Å². The van der Waals surface area contributed by atoms with Gasteiger partial charge in [-0.05, 0) is 42.0 Å². The van der Waals surface area contributed by atoms with Crippen molar-refractivity contribution in [3.8, 4) is 17.3 Å². The lowest BCUT2D eigenvalue weighted by Gasteiger charge is -2.14. The summed E-state index contributed by atoms with van der Waals surface area (Å²) in [5, 5.41) is 12.6. The molecule has 4 aromatic carbocycles. The molecule has 2 aromatic heterocycles. The number of ether oxygens (including phenoxy) is 1. The highest BCUT2D eigenvalue weighted by atomic mass is 31.2. The number of fused-ring (bicyclic) bond motifs is 1. The fourth-order valence-electron chi connectivity index (χ4n) is 5.06. The number of nitrogens with one attached hydrogen (secondary N) is 2. The Kier molecular flexibility index (Phi) is 8.64. The largest absolute Gasteiger partial charge is 0.438 e. The molecule has 3 N–H and O–H groups in total. The third-order valence-electron chi connectivity index (χ3n) is 7.52. The van der Waals surface area contributed by atoms with Crippen LogP contribution in [0.5, 0.6) is 11.6 Å². The normalized spacial score (nSPS) is 12.8. The first-order chi connectivity index (χ1) is 22.4. The molecule has 0 saturated carbocycles. The first kappa shape index (κ1) is 31.7. The van der Waals surface area contributed by atoms with E-state index in [1.165, 1.54) is 6.66 Å². The van der Waals surface area contributed by atoms with Crippen LogP contribution >= 0.6 is 7.37 Å². The van der Waals surface area contributed by atoms with Gasteiger partial charge in [-0.15, -0.1) is 0 Å². The summed E-state index contributed by atoms with van der Waals surface area (Å²) < 4.78 is 20.0. The molecule has 6 rings (SSSR count). The molecule has 47 heavy (non-hydrogen) atoms. The molecule has 2 heterocycles. The van der Waals surface area contributed by atoms with Gasteiger partial charge in [-0.3, -0.25) is 9.88 Å². The van der Waals surface area contributed by atoms with E-state index in [2.05, 4.69) is 20.6 Å². The number of nitrogens with zero attached hydrogens (tertiary/aromatic N) is 4. The SMILES string of the molecule is CC(C)(C)c1cc(NC(=O)Nc2ccc(Oc3ccnc(Cc4ccccc4)n3)c3ccccc23)n(-c2ccc(P(C)(=O)O)cc2)n1. The van der Waals surface area contributed by atoms with Gasteiger partial charge < -0.3 is 14.9 Å². The van der Waals surface area contributed by atoms with Crippen molar-refractivity contribution in [3.05, 3.63) is 126 Å². The van der Waals surface area contributed by atoms with Crippen LogP contribution in [0.4, 0.5) is 16.3 Å². The van der Waals surface area contributed by atoms with Crippen molar-refractivity contribution in [3.63, 3.8) is 0 Å². The lowest BCUT2D eigenvalue weighted by Crippen LogP contribution is -2.21. The number of urea groups is 1. The molecule has 1 atom stereocenters. The molecule has 0 radical (unpaired) electrons. The molecule has 0 bridgehead atoms. The van der Waals surface area contributed by atoms with Gasteiger partial charge in [-0.1, -0.05) is 75.4 Å². The average Bonchev–Trinajstić information content (AvgIpc) is 3.47. The lowest BCUT2D eigenvalue weighted by molar-refractivity contribution is 0.262. The smallest absolute Gasteiger partial charge is 0.324 e. The maximum atomic E-state index is 13.4. The number of rotatable bonds is 8. The first-order valence-corrected chi connectivity index (χ1v) is 17.2. The molecule has 6 aromatic rings. The quantitative estimate of drug-likeness (QED) is 0.145. The topological polar surface area (TPSA) is 131 Å². The van der Waals surface area contributed by atoms with Crippen LogP contribution in [0.15, 0.2) is 109 Å². The number of benzene rings is 4. The predicted molar refractivity (Wildman–Crippen MR) is 186 cm³/mol. The van der Waals surface area contributed by atoms with Gasteiger partial charge in [-0.25, -0.2) is 14.5 Å². The van der Waals surface area contributed by atoms with Crippen LogP contribution in [0.1, 0.15) is 37.9 Å². The minimum absolute atomic E-state index is 0.291. The number of carbonyl (C=O) groups excluding carboxylic acids is 1. The second-order valence-corrected chi connectivity index (χ2v) is 14.6. The molecule has 0 aliphatic rings. The Bertz CT molecular complexity index is 2100. The van der Waals surface area contributed by atoms with E-state index in [4.69, 9.17) is 9.84 Å². The molecule has 1 unspecified atom stereocenters. The maximum Gasteiger partial charge on any atom is 0.324 e. The van der Waals surface area contributed by atoms with Crippen molar-refractivity contribution in [1.29, 1.82) is 0 Å². The molecule has 0 aliphatic heterocycles. The van der Waals surface area contributed by atoms with Crippen LogP contribution in [0.25, 0.3) is 16.5 Å². The highest BCUT2D eigenvalue weighted by Crippen LogP contribution is 2.35. The molecule has 11 heteroatoms. The van der Waals surface area contributed by atoms with E-state index in [0.717, 1.165) is 22.0 Å². The summed E-state index contributed by atoms with van der Waals surface area (Å²) in [7, 11) is -3.41. The third kappa shape index (κ3) is 7.41. The van der Waals surface area contributed by atoms with Crippen molar-refractivity contribution >= 4 is 41.0 Å². The van der Waals surface area contributed by atoms with Gasteiger partial charge in [0.25, 0.3) is 0 Å². The van der Waals surface area contributed by atoms with Crippen molar-refractivity contribution in [2.24, 2.45) is 0 Å². The van der Waals surface area contributed by atoms with Crippen LogP contribution in [0.2, 0.25) is 0 Å². The Balaban J connectivity index is 1.24. The van der Waals surface area contributed by atoms with Gasteiger partial charge in [0.05, 0.1) is 17.1 Å². The zero-order valence-corrected chi connectivity index (χ0v) is 27.4. The van der Waals surface area contributed by atoms with E-state index in [-0.39, 0.29) is 5.41 Å². The minimum atomic E-state index is -3.41. The Morgan fingerprint density at radius 3 is 2.30 bits per heavy atom. The number of amides is 2. The number of hydrogen-bond donors (Lipinski definition) is 3. The molecule has 0 spiro atoms. The van der Waals surface area contributed by atoms with Crippen LogP contribution in [0, 0.1) is 0 Å². The summed E-state index contributed by atoms with van der Waals surface area (Å²) >= 11 is 0. The van der Waals surface area contributed by atoms with E-state index in [1.54, 1.807) is 53.3 Å². The molecule has 0 aliphatic carbocycles. The standard InChI is InChI=1S/C36H35N6O4P/c1-36(2,3)31-23-33(42(41-31)25-14-16-26(17-15-25)47(4,44)45)40-35(43)38-29-18-19-30(28-13-9-8-12-27(28)29)46-34-20-21-37-32(39-34)22-24-10-6-5-7-11-24/h5-21,23H,22H2,1-4H3,(H,44,45)(H2,38,40,43). The molecule has 0 fully saturated rings. The number of anilines is 2. The third-order valence-corrected chi connectivity index (χ3v) is 8.78. The fourth-order valence-corrected chi connectivity index (χ4v) is 5.76. The number of aromatic nitrogens is 4. The van der Waals surface area contributed by atoms with Crippen LogP contribution in [-0.4, -0.2) is 37.3 Å². The maximum absolute atomic E-state index is 13.4. The van der Waals surface area contributed by atoms with Crippen LogP contribution in [-0.2, 0) is 16.4 Å². The molecule has 10 nitrogen and oxygen atoms in total. The molecular formula is C36H35N6O4P. The summed E-state index contributed by atoms with van der Waals surface area (Å²) in [6, 6.07) is 30.9. The summed E-state index contributed by atoms with van der Waals surface area (Å²) in [5.41, 5.74) is 2.81. The number of hydrogen-bond acceptors (Lipinski definition) is 6. The summed E-state index contributed by atoms with van der Waals surface area (Å²) in [4.78, 5) is 32.4. The van der Waals surface area contributed by atoms with Crippen LogP contribution in [0.3, 0.4) is 0 Å². The molecular weight excluding hydrogens is 611 g/mol. The van der Waals surface area contributed by atoms with Gasteiger partial charge in [0, 0.05) is 52.9 Å². The van der Waals surface area contributed by atoms with Gasteiger partial charge in [0.2, 0.25) is 13.2 Å². The predicted octanol–water partition coefficient (Wildman–Crippen LogP) is 7.67. The van der Waals surface area contributed by atoms with E-state index >= 15 is 0 Å². The second kappa shape index (κ2) is 12.8. The molecule has 2 amide bonds. The average molecular weight is 647 g/mol. The van der Waals surface area contributed by atoms with Crippen LogP contribution < -0.4 is 20.7 Å². The Labute approximate surface area is 272 Å². The van der Waals surface area contributed by atoms with Crippen molar-refractivity contribution in [1.82, 2.24) is 19.7 Å². The summed E-state index contributed by atoms with van der Waals surface area (Å²) in [5.74, 6) is 2.11. The highest BCUT2D eigenvalue weighted by molar-refractivity contribution is 7.65. The van der Waals surface area contributed by atoms with Crippen molar-refractivity contribution in [2.45, 2.75) is 32.6 Å². The Morgan fingerprint density at radius 2 is 1.60 bits per heavy atom. The van der Waals surface area contributed by atoms with E-state index < -0.39 is 13.4 Å². The van der Waals surface area contributed by atoms with Crippen molar-refractivity contribution in [2.75, 3.05) is 17.3 Å². The van der Waals surface area contributed by atoms with E-state index in [9.17, 15) is 14.3 Å². The van der Waals surface area contributed by atoms with E-state index in [1.807, 2.05) is 81.4 Å². The molecule has 0 saturated heterocycles. The summed E-state index contributed by atoms with van der Waals surface area (Å²) in [6.45, 7) is 7.40. The zero-order valence-electron chi connectivity index (χ0n) is 26.5. The van der Waals surface area contributed by atoms with Gasteiger partial charge >= 0.3 is 6.03 Å². The number of carbonyl (C=O) groups is 1. The lowest BCUT2D eigenvalue weighted by atomic mass is 9.92. The highest BCUT2D eigenvalue weighted by Gasteiger charge is 2.22. The van der Waals surface area contributed by atoms with Gasteiger partial charge in [-0.2, -0.15) is 10.1 Å². The summed E-state index contributed by atoms with van der Waals surface area (Å²) in [6.07, 6.45) is 2.27. The zero-order chi connectivity index (χ0) is 33.2. The monoisotopic (exact) mass is 646 g/mol.